The Morgan fingerprint density at radius 3 is 2.68 bits per heavy atom. The highest BCUT2D eigenvalue weighted by Crippen LogP contribution is 2.21. The Balaban J connectivity index is 2.50. The Labute approximate surface area is 113 Å². The first kappa shape index (κ1) is 13.6. The van der Waals surface area contributed by atoms with Gasteiger partial charge in [-0.3, -0.25) is 14.2 Å². The average Bonchev–Trinajstić information content (AvgIpc) is 2.83. The molecule has 0 aliphatic rings. The molecule has 2 rings (SSSR count). The van der Waals surface area contributed by atoms with E-state index in [1.165, 1.54) is 37.2 Å². The zero-order chi connectivity index (χ0) is 13.8. The van der Waals surface area contributed by atoms with E-state index < -0.39 is 5.91 Å². The molecule has 0 bridgehead atoms. The fraction of sp³-hybridized carbons (Fsp3) is 0.167. The van der Waals surface area contributed by atoms with Gasteiger partial charge >= 0.3 is 0 Å². The van der Waals surface area contributed by atoms with Crippen molar-refractivity contribution in [3.05, 3.63) is 42.0 Å². The number of imidazole rings is 1. The molecule has 0 radical (unpaired) electrons. The summed E-state index contributed by atoms with van der Waals surface area (Å²) in [6, 6.07) is 5.83. The lowest BCUT2D eigenvalue weighted by Gasteiger charge is -2.10. The zero-order valence-corrected chi connectivity index (χ0v) is 11.2. The summed E-state index contributed by atoms with van der Waals surface area (Å²) in [5.74, 6) is -0.753. The molecule has 1 amide bonds. The maximum Gasteiger partial charge on any atom is 0.293 e. The summed E-state index contributed by atoms with van der Waals surface area (Å²) >= 11 is 1.39. The monoisotopic (exact) mass is 281 g/mol. The van der Waals surface area contributed by atoms with Gasteiger partial charge in [-0.2, -0.15) is 0 Å². The van der Waals surface area contributed by atoms with Crippen LogP contribution in [0, 0.1) is 5.82 Å². The predicted molar refractivity (Wildman–Crippen MR) is 69.8 cm³/mol. The Morgan fingerprint density at radius 1 is 1.42 bits per heavy atom. The first-order valence-electron chi connectivity index (χ1n) is 5.38. The first-order chi connectivity index (χ1) is 9.17. The van der Waals surface area contributed by atoms with E-state index in [4.69, 9.17) is 0 Å². The molecule has 1 N–H and O–H groups in total. The van der Waals surface area contributed by atoms with Crippen molar-refractivity contribution < 1.29 is 14.0 Å². The van der Waals surface area contributed by atoms with Crippen molar-refractivity contribution in [1.82, 2.24) is 15.0 Å². The summed E-state index contributed by atoms with van der Waals surface area (Å²) < 4.78 is 14.6. The number of carbonyl (C=O) groups excluding carboxylic acids is 1. The highest BCUT2D eigenvalue weighted by atomic mass is 32.2. The molecule has 0 spiro atoms. The van der Waals surface area contributed by atoms with E-state index in [2.05, 4.69) is 15.3 Å². The minimum absolute atomic E-state index is 0.317. The van der Waals surface area contributed by atoms with E-state index in [1.54, 1.807) is 16.7 Å². The smallest absolute Gasteiger partial charge is 0.283 e. The summed E-state index contributed by atoms with van der Waals surface area (Å²) in [6.07, 6.45) is 3.30. The normalized spacial score (nSPS) is 10.5. The van der Waals surface area contributed by atoms with Crippen LogP contribution in [0.4, 0.5) is 4.39 Å². The Hall–Kier alpha value is -1.86. The molecule has 0 saturated carbocycles. The summed E-state index contributed by atoms with van der Waals surface area (Å²) in [6.45, 7) is 0. The van der Waals surface area contributed by atoms with E-state index in [-0.39, 0.29) is 5.82 Å². The maximum absolute atomic E-state index is 13.0. The molecule has 1 aromatic heterocycles. The number of thioether (sulfide) groups is 1. The SMILES string of the molecule is CONC(=O)c1cnc(SC)n1-c1ccc(F)cc1. The topological polar surface area (TPSA) is 56.1 Å². The van der Waals surface area contributed by atoms with Gasteiger partial charge in [0.25, 0.3) is 5.91 Å². The quantitative estimate of drug-likeness (QED) is 0.688. The second kappa shape index (κ2) is 5.85. The Kier molecular flexibility index (Phi) is 4.18. The van der Waals surface area contributed by atoms with Gasteiger partial charge in [-0.25, -0.2) is 14.9 Å². The van der Waals surface area contributed by atoms with Gasteiger partial charge in [-0.1, -0.05) is 11.8 Å². The van der Waals surface area contributed by atoms with E-state index in [0.29, 0.717) is 16.5 Å². The number of benzene rings is 1. The predicted octanol–water partition coefficient (Wildman–Crippen LogP) is 2.02. The number of nitrogens with one attached hydrogen (secondary N) is 1. The van der Waals surface area contributed by atoms with E-state index >= 15 is 0 Å². The second-order valence-corrected chi connectivity index (χ2v) is 4.35. The molecule has 1 aromatic carbocycles. The van der Waals surface area contributed by atoms with Crippen LogP contribution in [-0.2, 0) is 4.84 Å². The maximum atomic E-state index is 13.0. The van der Waals surface area contributed by atoms with Gasteiger partial charge in [0, 0.05) is 5.69 Å². The van der Waals surface area contributed by atoms with E-state index in [0.717, 1.165) is 0 Å². The number of amides is 1. The summed E-state index contributed by atoms with van der Waals surface area (Å²) in [4.78, 5) is 20.6. The van der Waals surface area contributed by atoms with Gasteiger partial charge in [-0.05, 0) is 30.5 Å². The van der Waals surface area contributed by atoms with Crippen LogP contribution in [0.5, 0.6) is 0 Å². The summed E-state index contributed by atoms with van der Waals surface area (Å²) in [5, 5.41) is 0.632. The van der Waals surface area contributed by atoms with Crippen LogP contribution in [0.15, 0.2) is 35.6 Å². The van der Waals surface area contributed by atoms with Gasteiger partial charge in [0.05, 0.1) is 13.3 Å². The molecule has 0 atom stereocenters. The second-order valence-electron chi connectivity index (χ2n) is 3.58. The largest absolute Gasteiger partial charge is 0.293 e. The number of hydroxylamine groups is 1. The zero-order valence-electron chi connectivity index (χ0n) is 10.4. The third kappa shape index (κ3) is 2.77. The number of hydrogen-bond acceptors (Lipinski definition) is 4. The molecule has 19 heavy (non-hydrogen) atoms. The van der Waals surface area contributed by atoms with Crippen LogP contribution >= 0.6 is 11.8 Å². The van der Waals surface area contributed by atoms with Crippen molar-refractivity contribution in [3.8, 4) is 5.69 Å². The number of aromatic nitrogens is 2. The van der Waals surface area contributed by atoms with E-state index in [9.17, 15) is 9.18 Å². The molecule has 0 aliphatic carbocycles. The van der Waals surface area contributed by atoms with Crippen molar-refractivity contribution in [2.75, 3.05) is 13.4 Å². The number of rotatable bonds is 4. The highest BCUT2D eigenvalue weighted by molar-refractivity contribution is 7.98. The van der Waals surface area contributed by atoms with Gasteiger partial charge in [0.1, 0.15) is 11.5 Å². The molecule has 7 heteroatoms. The molecular weight excluding hydrogens is 269 g/mol. The Morgan fingerprint density at radius 2 is 2.11 bits per heavy atom. The lowest BCUT2D eigenvalue weighted by molar-refractivity contribution is 0.0530. The van der Waals surface area contributed by atoms with Crippen LogP contribution in [0.3, 0.4) is 0 Å². The third-order valence-electron chi connectivity index (χ3n) is 2.42. The molecule has 0 unspecified atom stereocenters. The van der Waals surface area contributed by atoms with Crippen molar-refractivity contribution in [2.24, 2.45) is 0 Å². The van der Waals surface area contributed by atoms with Crippen molar-refractivity contribution in [1.29, 1.82) is 0 Å². The molecule has 2 aromatic rings. The molecule has 0 fully saturated rings. The van der Waals surface area contributed by atoms with Gasteiger partial charge in [0.2, 0.25) is 0 Å². The van der Waals surface area contributed by atoms with Gasteiger partial charge < -0.3 is 0 Å². The summed E-state index contributed by atoms with van der Waals surface area (Å²) in [7, 11) is 1.35. The van der Waals surface area contributed by atoms with Gasteiger partial charge in [0.15, 0.2) is 5.16 Å². The van der Waals surface area contributed by atoms with Crippen LogP contribution in [-0.4, -0.2) is 28.8 Å². The highest BCUT2D eigenvalue weighted by Gasteiger charge is 2.17. The van der Waals surface area contributed by atoms with Gasteiger partial charge in [-0.15, -0.1) is 0 Å². The Bertz CT molecular complexity index is 583. The van der Waals surface area contributed by atoms with Crippen LogP contribution < -0.4 is 5.48 Å². The third-order valence-corrected chi connectivity index (χ3v) is 3.08. The molecule has 100 valence electrons. The molecule has 0 aliphatic heterocycles. The number of halogens is 1. The van der Waals surface area contributed by atoms with Crippen molar-refractivity contribution in [2.45, 2.75) is 5.16 Å². The lowest BCUT2D eigenvalue weighted by Crippen LogP contribution is -2.24. The standard InChI is InChI=1S/C12H12FN3O2S/c1-18-15-11(17)10-7-14-12(19-2)16(10)9-5-3-8(13)4-6-9/h3-7H,1-2H3,(H,15,17). The van der Waals surface area contributed by atoms with Crippen LogP contribution in [0.2, 0.25) is 0 Å². The fourth-order valence-corrected chi connectivity index (χ4v) is 2.17. The fourth-order valence-electron chi connectivity index (χ4n) is 1.62. The van der Waals surface area contributed by atoms with Crippen molar-refractivity contribution in [3.63, 3.8) is 0 Å². The minimum atomic E-state index is -0.417. The molecule has 1 heterocycles. The number of carbonyl (C=O) groups is 1. The number of nitrogens with zero attached hydrogens (tertiary/aromatic N) is 2. The molecule has 5 nitrogen and oxygen atoms in total. The average molecular weight is 281 g/mol. The van der Waals surface area contributed by atoms with Crippen molar-refractivity contribution >= 4 is 17.7 Å². The first-order valence-corrected chi connectivity index (χ1v) is 6.61. The van der Waals surface area contributed by atoms with Crippen LogP contribution in [0.1, 0.15) is 10.5 Å². The van der Waals surface area contributed by atoms with E-state index in [1.807, 2.05) is 6.26 Å². The van der Waals surface area contributed by atoms with Crippen LogP contribution in [0.25, 0.3) is 5.69 Å². The lowest BCUT2D eigenvalue weighted by atomic mass is 10.3. The number of hydrogen-bond donors (Lipinski definition) is 1. The minimum Gasteiger partial charge on any atom is -0.283 e. The molecular formula is C12H12FN3O2S. The molecule has 0 saturated heterocycles. The summed E-state index contributed by atoms with van der Waals surface area (Å²) in [5.41, 5.74) is 3.21.